The van der Waals surface area contributed by atoms with Gasteiger partial charge in [-0.3, -0.25) is 4.79 Å². The van der Waals surface area contributed by atoms with E-state index < -0.39 is 10.0 Å². The monoisotopic (exact) mass is 295 g/mol. The van der Waals surface area contributed by atoms with Crippen molar-refractivity contribution in [1.29, 1.82) is 0 Å². The fourth-order valence-electron chi connectivity index (χ4n) is 1.45. The third-order valence-electron chi connectivity index (χ3n) is 2.46. The van der Waals surface area contributed by atoms with Crippen LogP contribution >= 0.6 is 11.6 Å². The molecule has 1 aromatic carbocycles. The Labute approximate surface area is 116 Å². The van der Waals surface area contributed by atoms with Gasteiger partial charge in [-0.05, 0) is 37.3 Å². The maximum Gasteiger partial charge on any atom is 0.282 e. The van der Waals surface area contributed by atoms with Crippen LogP contribution < -0.4 is 0 Å². The molecule has 0 aromatic heterocycles. The number of hydrogen-bond donors (Lipinski definition) is 0. The summed E-state index contributed by atoms with van der Waals surface area (Å²) in [6.07, 6.45) is 3.74. The SMILES string of the molecule is Cc1ccc(S(=O)(=O)N=C2C=CC(=O)C(Cl)=C2)cc1. The van der Waals surface area contributed by atoms with Crippen molar-refractivity contribution in [2.24, 2.45) is 4.40 Å². The summed E-state index contributed by atoms with van der Waals surface area (Å²) in [5.41, 5.74) is 1.09. The highest BCUT2D eigenvalue weighted by atomic mass is 35.5. The molecule has 0 spiro atoms. The van der Waals surface area contributed by atoms with Crippen molar-refractivity contribution >= 4 is 33.1 Å². The van der Waals surface area contributed by atoms with Crippen LogP contribution in [0.15, 0.2) is 56.8 Å². The number of hydrogen-bond acceptors (Lipinski definition) is 3. The Bertz CT molecular complexity index is 713. The quantitative estimate of drug-likeness (QED) is 0.787. The number of halogens is 1. The van der Waals surface area contributed by atoms with Gasteiger partial charge in [0.15, 0.2) is 5.78 Å². The molecule has 1 aromatic rings. The van der Waals surface area contributed by atoms with E-state index in [1.54, 1.807) is 12.1 Å². The lowest BCUT2D eigenvalue weighted by Gasteiger charge is -2.03. The summed E-state index contributed by atoms with van der Waals surface area (Å²) < 4.78 is 27.7. The number of carbonyl (C=O) groups excluding carboxylic acids is 1. The molecule has 0 bridgehead atoms. The van der Waals surface area contributed by atoms with Crippen molar-refractivity contribution in [1.82, 2.24) is 0 Å². The molecule has 98 valence electrons. The maximum atomic E-state index is 12.0. The first-order valence-electron chi connectivity index (χ1n) is 5.40. The minimum atomic E-state index is -3.80. The maximum absolute atomic E-state index is 12.0. The fourth-order valence-corrected chi connectivity index (χ4v) is 2.60. The predicted molar refractivity (Wildman–Crippen MR) is 73.9 cm³/mol. The van der Waals surface area contributed by atoms with E-state index in [4.69, 9.17) is 11.6 Å². The van der Waals surface area contributed by atoms with Crippen LogP contribution in [0.4, 0.5) is 0 Å². The van der Waals surface area contributed by atoms with Crippen LogP contribution in [-0.4, -0.2) is 19.9 Å². The molecule has 0 N–H and O–H groups in total. The number of nitrogens with zero attached hydrogens (tertiary/aromatic N) is 1. The molecule has 4 nitrogen and oxygen atoms in total. The average Bonchev–Trinajstić information content (AvgIpc) is 2.34. The largest absolute Gasteiger partial charge is 0.288 e. The number of benzene rings is 1. The van der Waals surface area contributed by atoms with Crippen molar-refractivity contribution in [2.75, 3.05) is 0 Å². The molecule has 0 radical (unpaired) electrons. The molecule has 0 atom stereocenters. The van der Waals surface area contributed by atoms with Crippen LogP contribution in [0.3, 0.4) is 0 Å². The van der Waals surface area contributed by atoms with Gasteiger partial charge in [0.25, 0.3) is 10.0 Å². The molecule has 0 heterocycles. The summed E-state index contributed by atoms with van der Waals surface area (Å²) in [7, 11) is -3.80. The van der Waals surface area contributed by atoms with Crippen molar-refractivity contribution in [3.63, 3.8) is 0 Å². The zero-order valence-corrected chi connectivity index (χ0v) is 11.6. The van der Waals surface area contributed by atoms with Crippen molar-refractivity contribution in [3.8, 4) is 0 Å². The van der Waals surface area contributed by atoms with E-state index in [0.717, 1.165) is 5.56 Å². The van der Waals surface area contributed by atoms with Gasteiger partial charge in [-0.1, -0.05) is 29.3 Å². The molecule has 0 saturated heterocycles. The number of allylic oxidation sites excluding steroid dienone is 4. The Balaban J connectivity index is 2.40. The highest BCUT2D eigenvalue weighted by Crippen LogP contribution is 2.16. The van der Waals surface area contributed by atoms with Crippen LogP contribution in [0.2, 0.25) is 0 Å². The van der Waals surface area contributed by atoms with Gasteiger partial charge in [-0.15, -0.1) is 0 Å². The molecule has 6 heteroatoms. The van der Waals surface area contributed by atoms with Gasteiger partial charge < -0.3 is 0 Å². The number of ketones is 1. The molecular weight excluding hydrogens is 286 g/mol. The number of aryl methyl sites for hydroxylation is 1. The van der Waals surface area contributed by atoms with Crippen LogP contribution in [0, 0.1) is 6.92 Å². The minimum Gasteiger partial charge on any atom is -0.288 e. The van der Waals surface area contributed by atoms with E-state index in [0.29, 0.717) is 0 Å². The summed E-state index contributed by atoms with van der Waals surface area (Å²) in [5.74, 6) is -0.367. The minimum absolute atomic E-state index is 0.0552. The molecule has 19 heavy (non-hydrogen) atoms. The number of rotatable bonds is 2. The molecule has 0 amide bonds. The lowest BCUT2D eigenvalue weighted by molar-refractivity contribution is -0.110. The molecule has 0 fully saturated rings. The summed E-state index contributed by atoms with van der Waals surface area (Å²) in [6.45, 7) is 1.86. The lowest BCUT2D eigenvalue weighted by Crippen LogP contribution is -2.07. The lowest BCUT2D eigenvalue weighted by atomic mass is 10.2. The second kappa shape index (κ2) is 5.11. The molecular formula is C13H10ClNO3S. The van der Waals surface area contributed by atoms with E-state index in [9.17, 15) is 13.2 Å². The highest BCUT2D eigenvalue weighted by Gasteiger charge is 2.15. The third-order valence-corrected chi connectivity index (χ3v) is 4.07. The molecule has 1 aliphatic rings. The molecule has 2 rings (SSSR count). The first-order chi connectivity index (χ1) is 8.88. The van der Waals surface area contributed by atoms with Crippen LogP contribution in [0.25, 0.3) is 0 Å². The topological polar surface area (TPSA) is 63.6 Å². The van der Waals surface area contributed by atoms with Gasteiger partial charge in [-0.25, -0.2) is 0 Å². The fraction of sp³-hybridized carbons (Fsp3) is 0.0769. The Hall–Kier alpha value is -1.72. The van der Waals surface area contributed by atoms with Gasteiger partial charge in [0.2, 0.25) is 0 Å². The summed E-state index contributed by atoms with van der Waals surface area (Å²) in [6, 6.07) is 6.35. The first kappa shape index (κ1) is 13.7. The Kier molecular flexibility index (Phi) is 3.68. The van der Waals surface area contributed by atoms with Gasteiger partial charge >= 0.3 is 0 Å². The smallest absolute Gasteiger partial charge is 0.282 e. The molecule has 1 aliphatic carbocycles. The zero-order chi connectivity index (χ0) is 14.0. The van der Waals surface area contributed by atoms with Gasteiger partial charge in [0.05, 0.1) is 15.6 Å². The van der Waals surface area contributed by atoms with Crippen LogP contribution in [-0.2, 0) is 14.8 Å². The van der Waals surface area contributed by atoms with E-state index >= 15 is 0 Å². The highest BCUT2D eigenvalue weighted by molar-refractivity contribution is 7.90. The average molecular weight is 296 g/mol. The van der Waals surface area contributed by atoms with Crippen LogP contribution in [0.1, 0.15) is 5.56 Å². The Morgan fingerprint density at radius 3 is 2.32 bits per heavy atom. The van der Waals surface area contributed by atoms with E-state index in [2.05, 4.69) is 4.40 Å². The van der Waals surface area contributed by atoms with Gasteiger partial charge in [0.1, 0.15) is 0 Å². The van der Waals surface area contributed by atoms with E-state index in [1.165, 1.54) is 30.4 Å². The van der Waals surface area contributed by atoms with E-state index in [-0.39, 0.29) is 21.4 Å². The molecule has 0 saturated carbocycles. The number of carbonyl (C=O) groups is 1. The van der Waals surface area contributed by atoms with Crippen molar-refractivity contribution in [3.05, 3.63) is 53.1 Å². The molecule has 0 aliphatic heterocycles. The Morgan fingerprint density at radius 1 is 1.11 bits per heavy atom. The van der Waals surface area contributed by atoms with Crippen molar-refractivity contribution in [2.45, 2.75) is 11.8 Å². The summed E-state index contributed by atoms with van der Waals surface area (Å²) in [5, 5.41) is -0.0552. The summed E-state index contributed by atoms with van der Waals surface area (Å²) >= 11 is 5.64. The third kappa shape index (κ3) is 3.19. The predicted octanol–water partition coefficient (Wildman–Crippen LogP) is 2.39. The van der Waals surface area contributed by atoms with Gasteiger partial charge in [0, 0.05) is 0 Å². The second-order valence-corrected chi connectivity index (χ2v) is 6.01. The standard InChI is InChI=1S/C13H10ClNO3S/c1-9-2-5-11(6-3-9)19(17,18)15-10-4-7-13(16)12(14)8-10/h2-8H,1H3. The zero-order valence-electron chi connectivity index (χ0n) is 10.00. The normalized spacial score (nSPS) is 17.7. The summed E-state index contributed by atoms with van der Waals surface area (Å²) in [4.78, 5) is 11.2. The van der Waals surface area contributed by atoms with E-state index in [1.807, 2.05) is 6.92 Å². The van der Waals surface area contributed by atoms with Crippen molar-refractivity contribution < 1.29 is 13.2 Å². The Morgan fingerprint density at radius 2 is 1.74 bits per heavy atom. The first-order valence-corrected chi connectivity index (χ1v) is 7.21. The molecule has 0 unspecified atom stereocenters. The number of sulfonamides is 1. The van der Waals surface area contributed by atoms with Gasteiger partial charge in [-0.2, -0.15) is 12.8 Å². The van der Waals surface area contributed by atoms with Crippen LogP contribution in [0.5, 0.6) is 0 Å². The second-order valence-electron chi connectivity index (χ2n) is 3.99.